The lowest BCUT2D eigenvalue weighted by Crippen LogP contribution is -2.21. The lowest BCUT2D eigenvalue weighted by molar-refractivity contribution is 0.713. The zero-order valence-corrected chi connectivity index (χ0v) is 6.49. The second-order valence-electron chi connectivity index (χ2n) is 2.25. The van der Waals surface area contributed by atoms with E-state index >= 15 is 0 Å². The zero-order valence-electron chi connectivity index (χ0n) is 4.98. The average Bonchev–Trinajstić information content (AvgIpc) is 1.80. The number of hydrogen-bond acceptors (Lipinski definition) is 1. The van der Waals surface area contributed by atoms with Gasteiger partial charge in [-0.25, -0.2) is 0 Å². The van der Waals surface area contributed by atoms with Crippen molar-refractivity contribution in [2.45, 2.75) is 23.6 Å². The molecule has 0 spiro atoms. The fraction of sp³-hybridized carbons (Fsp3) is 0.667. The van der Waals surface area contributed by atoms with E-state index in [0.717, 1.165) is 18.5 Å². The van der Waals surface area contributed by atoms with Gasteiger partial charge in [0, 0.05) is 12.1 Å². The SMILES string of the molecule is NC1=CC[C@H](Cl)C(Cl)C1. The summed E-state index contributed by atoms with van der Waals surface area (Å²) in [6, 6.07) is 0. The molecule has 0 heterocycles. The van der Waals surface area contributed by atoms with Crippen LogP contribution in [0.25, 0.3) is 0 Å². The molecule has 0 aromatic carbocycles. The van der Waals surface area contributed by atoms with E-state index in [1.807, 2.05) is 6.08 Å². The van der Waals surface area contributed by atoms with E-state index < -0.39 is 0 Å². The van der Waals surface area contributed by atoms with Gasteiger partial charge in [0.15, 0.2) is 0 Å². The third kappa shape index (κ3) is 1.77. The Kier molecular flexibility index (Phi) is 2.25. The van der Waals surface area contributed by atoms with Crippen LogP contribution in [0.3, 0.4) is 0 Å². The van der Waals surface area contributed by atoms with Crippen molar-refractivity contribution in [1.29, 1.82) is 0 Å². The Labute approximate surface area is 64.8 Å². The molecule has 0 fully saturated rings. The summed E-state index contributed by atoms with van der Waals surface area (Å²) in [7, 11) is 0. The molecule has 2 N–H and O–H groups in total. The Morgan fingerprint density at radius 3 is 2.56 bits per heavy atom. The maximum atomic E-state index is 5.81. The Bertz CT molecular complexity index is 133. The molecule has 0 saturated heterocycles. The molecule has 0 bridgehead atoms. The quantitative estimate of drug-likeness (QED) is 0.546. The maximum absolute atomic E-state index is 5.81. The van der Waals surface area contributed by atoms with Gasteiger partial charge in [-0.15, -0.1) is 23.2 Å². The van der Waals surface area contributed by atoms with Gasteiger partial charge in [0.25, 0.3) is 0 Å². The number of halogens is 2. The van der Waals surface area contributed by atoms with Gasteiger partial charge in [-0.3, -0.25) is 0 Å². The molecule has 2 atom stereocenters. The zero-order chi connectivity index (χ0) is 6.85. The minimum Gasteiger partial charge on any atom is -0.402 e. The minimum atomic E-state index is 0.0247. The normalized spacial score (nSPS) is 36.0. The fourth-order valence-electron chi connectivity index (χ4n) is 0.848. The highest BCUT2D eigenvalue weighted by atomic mass is 35.5. The number of rotatable bonds is 0. The van der Waals surface area contributed by atoms with Crippen molar-refractivity contribution in [3.63, 3.8) is 0 Å². The molecule has 1 rings (SSSR count). The molecule has 1 unspecified atom stereocenters. The lowest BCUT2D eigenvalue weighted by Gasteiger charge is -2.19. The molecule has 52 valence electrons. The highest BCUT2D eigenvalue weighted by Gasteiger charge is 2.19. The molecule has 0 amide bonds. The number of alkyl halides is 2. The first-order valence-corrected chi connectivity index (χ1v) is 3.80. The third-order valence-corrected chi connectivity index (χ3v) is 2.50. The monoisotopic (exact) mass is 165 g/mol. The summed E-state index contributed by atoms with van der Waals surface area (Å²) in [6.07, 6.45) is 3.48. The molecular weight excluding hydrogens is 157 g/mol. The van der Waals surface area contributed by atoms with Crippen molar-refractivity contribution in [2.75, 3.05) is 0 Å². The highest BCUT2D eigenvalue weighted by molar-refractivity contribution is 6.30. The van der Waals surface area contributed by atoms with Crippen molar-refractivity contribution in [2.24, 2.45) is 5.73 Å². The molecular formula is C6H9Cl2N. The van der Waals surface area contributed by atoms with Crippen LogP contribution in [0.1, 0.15) is 12.8 Å². The lowest BCUT2D eigenvalue weighted by atomic mass is 10.0. The van der Waals surface area contributed by atoms with Crippen molar-refractivity contribution >= 4 is 23.2 Å². The highest BCUT2D eigenvalue weighted by Crippen LogP contribution is 2.24. The van der Waals surface area contributed by atoms with Crippen LogP contribution >= 0.6 is 23.2 Å². The Morgan fingerprint density at radius 2 is 2.11 bits per heavy atom. The summed E-state index contributed by atoms with van der Waals surface area (Å²) in [5, 5.41) is 0.0932. The van der Waals surface area contributed by atoms with E-state index in [1.165, 1.54) is 0 Å². The van der Waals surface area contributed by atoms with Crippen LogP contribution in [0.4, 0.5) is 0 Å². The molecule has 0 saturated carbocycles. The first-order chi connectivity index (χ1) is 4.20. The van der Waals surface area contributed by atoms with Crippen LogP contribution in [-0.2, 0) is 0 Å². The largest absolute Gasteiger partial charge is 0.402 e. The summed E-state index contributed by atoms with van der Waals surface area (Å²) in [5.41, 5.74) is 6.37. The second kappa shape index (κ2) is 2.80. The smallest absolute Gasteiger partial charge is 0.0556 e. The van der Waals surface area contributed by atoms with Crippen LogP contribution in [-0.4, -0.2) is 10.8 Å². The van der Waals surface area contributed by atoms with Crippen LogP contribution in [0.2, 0.25) is 0 Å². The first kappa shape index (κ1) is 7.23. The van der Waals surface area contributed by atoms with E-state index in [0.29, 0.717) is 0 Å². The number of hydrogen-bond donors (Lipinski definition) is 1. The van der Waals surface area contributed by atoms with Crippen molar-refractivity contribution in [3.8, 4) is 0 Å². The van der Waals surface area contributed by atoms with Crippen molar-refractivity contribution in [3.05, 3.63) is 11.8 Å². The van der Waals surface area contributed by atoms with Gasteiger partial charge in [0.2, 0.25) is 0 Å². The van der Waals surface area contributed by atoms with Gasteiger partial charge in [-0.1, -0.05) is 6.08 Å². The van der Waals surface area contributed by atoms with Crippen LogP contribution in [0, 0.1) is 0 Å². The molecule has 0 aromatic rings. The molecule has 1 nitrogen and oxygen atoms in total. The van der Waals surface area contributed by atoms with Gasteiger partial charge < -0.3 is 5.73 Å². The summed E-state index contributed by atoms with van der Waals surface area (Å²) < 4.78 is 0. The van der Waals surface area contributed by atoms with Crippen LogP contribution in [0.15, 0.2) is 11.8 Å². The molecule has 9 heavy (non-hydrogen) atoms. The standard InChI is InChI=1S/C6H9Cl2N/c7-5-2-1-4(9)3-6(5)8/h1,5-6H,2-3,9H2/t5-,6?/m0/s1. The van der Waals surface area contributed by atoms with Gasteiger partial charge in [0.1, 0.15) is 0 Å². The Morgan fingerprint density at radius 1 is 1.44 bits per heavy atom. The number of allylic oxidation sites excluding steroid dienone is 2. The Hall–Kier alpha value is 0.120. The summed E-state index contributed by atoms with van der Waals surface area (Å²) in [4.78, 5) is 0. The topological polar surface area (TPSA) is 26.0 Å². The molecule has 0 aromatic heterocycles. The summed E-state index contributed by atoms with van der Waals surface area (Å²) in [6.45, 7) is 0. The molecule has 3 heteroatoms. The van der Waals surface area contributed by atoms with Crippen molar-refractivity contribution in [1.82, 2.24) is 0 Å². The van der Waals surface area contributed by atoms with Gasteiger partial charge in [-0.05, 0) is 6.42 Å². The van der Waals surface area contributed by atoms with E-state index in [2.05, 4.69) is 0 Å². The molecule has 1 aliphatic rings. The van der Waals surface area contributed by atoms with Crippen molar-refractivity contribution < 1.29 is 0 Å². The third-order valence-electron chi connectivity index (χ3n) is 1.43. The van der Waals surface area contributed by atoms with E-state index in [1.54, 1.807) is 0 Å². The fourth-order valence-corrected chi connectivity index (χ4v) is 1.31. The summed E-state index contributed by atoms with van der Waals surface area (Å²) >= 11 is 11.6. The minimum absolute atomic E-state index is 0.0247. The van der Waals surface area contributed by atoms with Gasteiger partial charge >= 0.3 is 0 Å². The van der Waals surface area contributed by atoms with Crippen LogP contribution < -0.4 is 5.73 Å². The second-order valence-corrected chi connectivity index (χ2v) is 3.37. The molecule has 0 radical (unpaired) electrons. The maximum Gasteiger partial charge on any atom is 0.0556 e. The predicted octanol–water partition coefficient (Wildman–Crippen LogP) is 1.84. The molecule has 1 aliphatic carbocycles. The summed E-state index contributed by atoms with van der Waals surface area (Å²) in [5.74, 6) is 0. The van der Waals surface area contributed by atoms with E-state index in [-0.39, 0.29) is 10.8 Å². The van der Waals surface area contributed by atoms with E-state index in [9.17, 15) is 0 Å². The average molecular weight is 166 g/mol. The van der Waals surface area contributed by atoms with Crippen LogP contribution in [0.5, 0.6) is 0 Å². The van der Waals surface area contributed by atoms with E-state index in [4.69, 9.17) is 28.9 Å². The molecule has 0 aliphatic heterocycles. The Balaban J connectivity index is 2.54. The first-order valence-electron chi connectivity index (χ1n) is 2.93. The van der Waals surface area contributed by atoms with Gasteiger partial charge in [0.05, 0.1) is 10.8 Å². The van der Waals surface area contributed by atoms with Gasteiger partial charge in [-0.2, -0.15) is 0 Å². The predicted molar refractivity (Wildman–Crippen MR) is 40.8 cm³/mol. The number of nitrogens with two attached hydrogens (primary N) is 1.